The van der Waals surface area contributed by atoms with Gasteiger partial charge in [0.2, 0.25) is 0 Å². The zero-order chi connectivity index (χ0) is 28.0. The quantitative estimate of drug-likeness (QED) is 0.181. The fraction of sp³-hybridized carbons (Fsp3) is 0.0811. The molecule has 0 amide bonds. The average Bonchev–Trinajstić information content (AvgIpc) is 3.35. The van der Waals surface area contributed by atoms with Crippen LogP contribution >= 0.6 is 0 Å². The van der Waals surface area contributed by atoms with Crippen LogP contribution in [-0.4, -0.2) is 19.6 Å². The number of para-hydroxylation sites is 3. The Bertz CT molecular complexity index is 2030. The van der Waals surface area contributed by atoms with Gasteiger partial charge in [0.25, 0.3) is 0 Å². The third-order valence-corrected chi connectivity index (χ3v) is 7.88. The van der Waals surface area contributed by atoms with Gasteiger partial charge in [0, 0.05) is 49.1 Å². The van der Waals surface area contributed by atoms with Crippen molar-refractivity contribution in [2.75, 3.05) is 0 Å². The number of pyridine rings is 2. The third-order valence-electron chi connectivity index (χ3n) is 7.88. The van der Waals surface area contributed by atoms with Crippen LogP contribution in [0, 0.1) is 6.07 Å². The van der Waals surface area contributed by atoms with E-state index >= 15 is 0 Å². The van der Waals surface area contributed by atoms with Gasteiger partial charge in [-0.2, -0.15) is 0 Å². The molecule has 4 nitrogen and oxygen atoms in total. The molecule has 0 aliphatic carbocycles. The number of phenols is 1. The van der Waals surface area contributed by atoms with Gasteiger partial charge in [0.05, 0.1) is 11.2 Å². The third kappa shape index (κ3) is 4.72. The molecule has 3 heterocycles. The van der Waals surface area contributed by atoms with Crippen molar-refractivity contribution >= 4 is 21.9 Å². The molecule has 7 rings (SSSR count). The first kappa shape index (κ1) is 27.6. The van der Waals surface area contributed by atoms with Crippen molar-refractivity contribution in [1.29, 1.82) is 0 Å². The van der Waals surface area contributed by atoms with Gasteiger partial charge in [0.15, 0.2) is 0 Å². The first-order chi connectivity index (χ1) is 20.0. The molecule has 0 saturated carbocycles. The Labute approximate surface area is 259 Å². The zero-order valence-electron chi connectivity index (χ0n) is 23.2. The van der Waals surface area contributed by atoms with Crippen LogP contribution in [0.4, 0.5) is 0 Å². The average molecular weight is 726 g/mol. The standard InChI is InChI=1S/C37H28N3O.Pt/c1-37(2,35-18-10-11-21-38-35)28-23-26(25-12-4-3-5-13-25)22-27(24-28)31-20-19-30-29-14-6-7-15-32(29)40(36(30)39-31)33-16-8-9-17-34(33)41;/h3-23,41H,1-2H3;/q-1;. The van der Waals surface area contributed by atoms with Gasteiger partial charge in [-0.1, -0.05) is 92.7 Å². The number of hydrogen-bond acceptors (Lipinski definition) is 3. The molecular weight excluding hydrogens is 698 g/mol. The normalized spacial score (nSPS) is 11.5. The van der Waals surface area contributed by atoms with E-state index in [-0.39, 0.29) is 32.2 Å². The molecule has 0 aliphatic heterocycles. The van der Waals surface area contributed by atoms with Crippen LogP contribution in [0.5, 0.6) is 5.75 Å². The predicted molar refractivity (Wildman–Crippen MR) is 166 cm³/mol. The second kappa shape index (κ2) is 11.0. The van der Waals surface area contributed by atoms with Gasteiger partial charge in [-0.3, -0.25) is 14.5 Å². The van der Waals surface area contributed by atoms with E-state index in [1.165, 1.54) is 0 Å². The fourth-order valence-corrected chi connectivity index (χ4v) is 5.60. The number of fused-ring (bicyclic) bond motifs is 3. The summed E-state index contributed by atoms with van der Waals surface area (Å²) in [5.41, 5.74) is 8.06. The van der Waals surface area contributed by atoms with Gasteiger partial charge in [-0.15, -0.1) is 34.9 Å². The summed E-state index contributed by atoms with van der Waals surface area (Å²) < 4.78 is 2.04. The molecule has 208 valence electrons. The molecule has 7 aromatic rings. The monoisotopic (exact) mass is 725 g/mol. The van der Waals surface area contributed by atoms with Crippen LogP contribution in [0.1, 0.15) is 25.1 Å². The number of rotatable bonds is 5. The Morgan fingerprint density at radius 1 is 0.714 bits per heavy atom. The summed E-state index contributed by atoms with van der Waals surface area (Å²) in [7, 11) is 0. The van der Waals surface area contributed by atoms with Gasteiger partial charge >= 0.3 is 0 Å². The molecule has 5 heteroatoms. The molecular formula is C37H28N3OPt-. The first-order valence-electron chi connectivity index (χ1n) is 13.7. The van der Waals surface area contributed by atoms with Crippen molar-refractivity contribution in [3.05, 3.63) is 145 Å². The van der Waals surface area contributed by atoms with E-state index in [4.69, 9.17) is 4.98 Å². The van der Waals surface area contributed by atoms with E-state index in [9.17, 15) is 5.11 Å². The van der Waals surface area contributed by atoms with Gasteiger partial charge in [-0.25, -0.2) is 0 Å². The molecule has 0 saturated heterocycles. The summed E-state index contributed by atoms with van der Waals surface area (Å²) in [6, 6.07) is 44.4. The summed E-state index contributed by atoms with van der Waals surface area (Å²) in [6.45, 7) is 4.37. The van der Waals surface area contributed by atoms with E-state index in [0.717, 1.165) is 55.6 Å². The summed E-state index contributed by atoms with van der Waals surface area (Å²) in [4.78, 5) is 9.92. The molecule has 0 radical (unpaired) electrons. The van der Waals surface area contributed by atoms with Gasteiger partial charge < -0.3 is 5.11 Å². The van der Waals surface area contributed by atoms with Crippen LogP contribution in [0.3, 0.4) is 0 Å². The van der Waals surface area contributed by atoms with Crippen molar-refractivity contribution in [3.63, 3.8) is 0 Å². The molecule has 3 aromatic heterocycles. The van der Waals surface area contributed by atoms with Crippen molar-refractivity contribution in [3.8, 4) is 33.8 Å². The molecule has 0 unspecified atom stereocenters. The summed E-state index contributed by atoms with van der Waals surface area (Å²) in [5, 5.41) is 12.9. The summed E-state index contributed by atoms with van der Waals surface area (Å²) >= 11 is 0. The molecule has 4 aromatic carbocycles. The molecule has 0 spiro atoms. The Morgan fingerprint density at radius 3 is 2.24 bits per heavy atom. The number of nitrogens with zero attached hydrogens (tertiary/aromatic N) is 3. The van der Waals surface area contributed by atoms with Crippen LogP contribution < -0.4 is 0 Å². The van der Waals surface area contributed by atoms with Gasteiger partial charge in [0.1, 0.15) is 11.4 Å². The number of aromatic nitrogens is 3. The zero-order valence-corrected chi connectivity index (χ0v) is 25.5. The van der Waals surface area contributed by atoms with Crippen molar-refractivity contribution in [2.45, 2.75) is 19.3 Å². The fourth-order valence-electron chi connectivity index (χ4n) is 5.60. The Balaban J connectivity index is 0.00000316. The van der Waals surface area contributed by atoms with Crippen molar-refractivity contribution in [2.24, 2.45) is 0 Å². The maximum absolute atomic E-state index is 10.8. The molecule has 42 heavy (non-hydrogen) atoms. The number of hydrogen-bond donors (Lipinski definition) is 1. The van der Waals surface area contributed by atoms with E-state index in [0.29, 0.717) is 5.69 Å². The molecule has 0 bridgehead atoms. The molecule has 0 atom stereocenters. The number of benzene rings is 4. The van der Waals surface area contributed by atoms with E-state index in [1.807, 2.05) is 59.3 Å². The van der Waals surface area contributed by atoms with Crippen LogP contribution in [-0.2, 0) is 26.5 Å². The largest absolute Gasteiger partial charge is 0.506 e. The minimum absolute atomic E-state index is 0. The van der Waals surface area contributed by atoms with Crippen LogP contribution in [0.25, 0.3) is 50.0 Å². The minimum atomic E-state index is -0.379. The van der Waals surface area contributed by atoms with Gasteiger partial charge in [-0.05, 0) is 41.6 Å². The van der Waals surface area contributed by atoms with Crippen molar-refractivity contribution in [1.82, 2.24) is 14.5 Å². The minimum Gasteiger partial charge on any atom is -0.506 e. The summed E-state index contributed by atoms with van der Waals surface area (Å²) in [6.07, 6.45) is 1.84. The maximum Gasteiger partial charge on any atom is 0.139 e. The summed E-state index contributed by atoms with van der Waals surface area (Å²) in [5.74, 6) is 0.208. The molecule has 0 fully saturated rings. The predicted octanol–water partition coefficient (Wildman–Crippen LogP) is 8.74. The number of aromatic hydroxyl groups is 1. The SMILES string of the molecule is CC(C)(c1[c-]c(-c2ccc3c4ccccc4n(-c4ccccc4O)c3n2)cc(-c2ccccc2)c1)c1ccccn1.[Pt]. The maximum atomic E-state index is 10.8. The number of phenolic OH excluding ortho intramolecular Hbond substituents is 1. The first-order valence-corrected chi connectivity index (χ1v) is 13.7. The van der Waals surface area contributed by atoms with Crippen LogP contribution in [0.2, 0.25) is 0 Å². The Hall–Kier alpha value is -4.53. The molecule has 1 N–H and O–H groups in total. The van der Waals surface area contributed by atoms with Crippen LogP contribution in [0.15, 0.2) is 128 Å². The van der Waals surface area contributed by atoms with E-state index < -0.39 is 0 Å². The topological polar surface area (TPSA) is 50.9 Å². The second-order valence-corrected chi connectivity index (χ2v) is 10.8. The Kier molecular flexibility index (Phi) is 7.26. The Morgan fingerprint density at radius 2 is 1.45 bits per heavy atom. The van der Waals surface area contributed by atoms with E-state index in [2.05, 4.69) is 91.6 Å². The molecule has 0 aliphatic rings. The van der Waals surface area contributed by atoms with E-state index in [1.54, 1.807) is 6.07 Å². The smallest absolute Gasteiger partial charge is 0.139 e. The second-order valence-electron chi connectivity index (χ2n) is 10.8. The van der Waals surface area contributed by atoms with Crippen molar-refractivity contribution < 1.29 is 26.2 Å².